The zero-order valence-corrected chi connectivity index (χ0v) is 15.5. The topological polar surface area (TPSA) is 96.0 Å². The molecule has 0 aromatic heterocycles. The van der Waals surface area contributed by atoms with Crippen LogP contribution < -0.4 is 10.6 Å². The molecule has 2 unspecified atom stereocenters. The van der Waals surface area contributed by atoms with Crippen molar-refractivity contribution in [3.05, 3.63) is 71.8 Å². The lowest BCUT2D eigenvalue weighted by Crippen LogP contribution is -2.28. The summed E-state index contributed by atoms with van der Waals surface area (Å²) in [4.78, 5) is 0. The number of hydrogen-bond donors (Lipinski definition) is 4. The molecule has 140 valence electrons. The first-order chi connectivity index (χ1) is 11.5. The van der Waals surface area contributed by atoms with Crippen LogP contribution in [0, 0.1) is 0 Å². The Balaban J connectivity index is 0.000000443. The van der Waals surface area contributed by atoms with Crippen LogP contribution in [-0.4, -0.2) is 41.9 Å². The fraction of sp³-hybridized carbons (Fsp3) is 0.400. The van der Waals surface area contributed by atoms with E-state index in [1.165, 1.54) is 0 Å². The van der Waals surface area contributed by atoms with Crippen molar-refractivity contribution < 1.29 is 15.7 Å². The Labute approximate surface area is 151 Å². The molecule has 0 heterocycles. The number of likely N-dealkylation sites (N-methyl/N-ethyl adjacent to an activating group) is 2. The van der Waals surface area contributed by atoms with Crippen LogP contribution in [0.25, 0.3) is 0 Å². The summed E-state index contributed by atoms with van der Waals surface area (Å²) in [7, 11) is 3.69. The van der Waals surface area contributed by atoms with E-state index in [2.05, 4.69) is 10.6 Å². The van der Waals surface area contributed by atoms with Gasteiger partial charge >= 0.3 is 0 Å². The molecule has 0 radical (unpaired) electrons. The zero-order valence-electron chi connectivity index (χ0n) is 15.5. The second-order valence-corrected chi connectivity index (χ2v) is 5.87. The van der Waals surface area contributed by atoms with E-state index in [4.69, 9.17) is 0 Å². The molecule has 4 atom stereocenters. The SMILES string of the molecule is CNC(C)C(O)c1ccccc1.CN[C@@H](C)[C@H](O)c1ccccc1.O. The van der Waals surface area contributed by atoms with Crippen molar-refractivity contribution >= 4 is 0 Å². The minimum absolute atomic E-state index is 0. The summed E-state index contributed by atoms with van der Waals surface area (Å²) in [5.74, 6) is 0. The first kappa shape index (κ1) is 23.2. The summed E-state index contributed by atoms with van der Waals surface area (Å²) in [6.45, 7) is 3.91. The molecule has 0 aliphatic carbocycles. The Kier molecular flexibility index (Phi) is 11.7. The predicted octanol–water partition coefficient (Wildman–Crippen LogP) is 1.83. The zero-order chi connectivity index (χ0) is 17.9. The number of aliphatic hydroxyl groups excluding tert-OH is 2. The average molecular weight is 348 g/mol. The summed E-state index contributed by atoms with van der Waals surface area (Å²) >= 11 is 0. The second kappa shape index (κ2) is 12.6. The molecule has 6 N–H and O–H groups in total. The largest absolute Gasteiger partial charge is 0.412 e. The van der Waals surface area contributed by atoms with E-state index in [9.17, 15) is 10.2 Å². The van der Waals surface area contributed by atoms with Gasteiger partial charge in [-0.25, -0.2) is 0 Å². The number of benzene rings is 2. The Bertz CT molecular complexity index is 500. The first-order valence-corrected chi connectivity index (χ1v) is 8.31. The Hall–Kier alpha value is -1.76. The monoisotopic (exact) mass is 348 g/mol. The predicted molar refractivity (Wildman–Crippen MR) is 103 cm³/mol. The first-order valence-electron chi connectivity index (χ1n) is 8.31. The Morgan fingerprint density at radius 1 is 0.640 bits per heavy atom. The van der Waals surface area contributed by atoms with Crippen LogP contribution in [0.3, 0.4) is 0 Å². The summed E-state index contributed by atoms with van der Waals surface area (Å²) in [5, 5.41) is 25.5. The van der Waals surface area contributed by atoms with Crippen molar-refractivity contribution in [3.63, 3.8) is 0 Å². The highest BCUT2D eigenvalue weighted by Gasteiger charge is 2.13. The van der Waals surface area contributed by atoms with Gasteiger partial charge in [0.2, 0.25) is 0 Å². The van der Waals surface area contributed by atoms with Crippen LogP contribution in [0.5, 0.6) is 0 Å². The molecule has 0 amide bonds. The smallest absolute Gasteiger partial charge is 0.0940 e. The van der Waals surface area contributed by atoms with Gasteiger partial charge in [-0.1, -0.05) is 60.7 Å². The molecule has 0 spiro atoms. The van der Waals surface area contributed by atoms with E-state index in [0.717, 1.165) is 11.1 Å². The minimum Gasteiger partial charge on any atom is -0.412 e. The molecule has 5 heteroatoms. The van der Waals surface area contributed by atoms with Gasteiger partial charge in [-0.15, -0.1) is 0 Å². The fourth-order valence-electron chi connectivity index (χ4n) is 2.19. The van der Waals surface area contributed by atoms with Crippen molar-refractivity contribution in [1.29, 1.82) is 0 Å². The fourth-order valence-corrected chi connectivity index (χ4v) is 2.19. The van der Waals surface area contributed by atoms with Crippen molar-refractivity contribution in [2.45, 2.75) is 38.1 Å². The van der Waals surface area contributed by atoms with Crippen LogP contribution in [0.2, 0.25) is 0 Å². The van der Waals surface area contributed by atoms with E-state index < -0.39 is 12.2 Å². The maximum atomic E-state index is 9.73. The van der Waals surface area contributed by atoms with Crippen molar-refractivity contribution in [2.24, 2.45) is 0 Å². The maximum Gasteiger partial charge on any atom is 0.0940 e. The summed E-state index contributed by atoms with van der Waals surface area (Å²) in [5.41, 5.74) is 1.92. The van der Waals surface area contributed by atoms with Crippen LogP contribution in [0.1, 0.15) is 37.2 Å². The van der Waals surface area contributed by atoms with Gasteiger partial charge in [0.15, 0.2) is 0 Å². The van der Waals surface area contributed by atoms with Crippen molar-refractivity contribution in [3.8, 4) is 0 Å². The molecule has 2 aromatic carbocycles. The Morgan fingerprint density at radius 2 is 0.920 bits per heavy atom. The van der Waals surface area contributed by atoms with Crippen LogP contribution in [0.4, 0.5) is 0 Å². The molecule has 5 nitrogen and oxygen atoms in total. The third-order valence-corrected chi connectivity index (χ3v) is 4.14. The molecule has 0 aliphatic heterocycles. The maximum absolute atomic E-state index is 9.73. The van der Waals surface area contributed by atoms with E-state index in [0.29, 0.717) is 0 Å². The summed E-state index contributed by atoms with van der Waals surface area (Å²) in [6.07, 6.45) is -0.840. The van der Waals surface area contributed by atoms with Crippen LogP contribution in [-0.2, 0) is 0 Å². The molecule has 25 heavy (non-hydrogen) atoms. The lowest BCUT2D eigenvalue weighted by molar-refractivity contribution is 0.140. The van der Waals surface area contributed by atoms with Gasteiger partial charge in [-0.3, -0.25) is 0 Å². The lowest BCUT2D eigenvalue weighted by Gasteiger charge is -2.17. The van der Waals surface area contributed by atoms with Gasteiger partial charge in [0.05, 0.1) is 12.2 Å². The van der Waals surface area contributed by atoms with E-state index in [1.54, 1.807) is 0 Å². The lowest BCUT2D eigenvalue weighted by atomic mass is 10.0. The third-order valence-electron chi connectivity index (χ3n) is 4.14. The molecule has 0 saturated carbocycles. The highest BCUT2D eigenvalue weighted by Crippen LogP contribution is 2.16. The second-order valence-electron chi connectivity index (χ2n) is 5.87. The van der Waals surface area contributed by atoms with Gasteiger partial charge in [-0.2, -0.15) is 0 Å². The van der Waals surface area contributed by atoms with E-state index >= 15 is 0 Å². The van der Waals surface area contributed by atoms with E-state index in [-0.39, 0.29) is 17.6 Å². The summed E-state index contributed by atoms with van der Waals surface area (Å²) < 4.78 is 0. The highest BCUT2D eigenvalue weighted by molar-refractivity contribution is 5.19. The van der Waals surface area contributed by atoms with Gasteiger partial charge in [0, 0.05) is 12.1 Å². The number of nitrogens with one attached hydrogen (secondary N) is 2. The molecule has 2 rings (SSSR count). The molecule has 0 bridgehead atoms. The van der Waals surface area contributed by atoms with Gasteiger partial charge in [-0.05, 0) is 39.1 Å². The van der Waals surface area contributed by atoms with Crippen LogP contribution >= 0.6 is 0 Å². The average Bonchev–Trinajstić information content (AvgIpc) is 2.67. The van der Waals surface area contributed by atoms with Crippen molar-refractivity contribution in [2.75, 3.05) is 14.1 Å². The molecular formula is C20H32N2O3. The van der Waals surface area contributed by atoms with Crippen LogP contribution in [0.15, 0.2) is 60.7 Å². The van der Waals surface area contributed by atoms with E-state index in [1.807, 2.05) is 88.6 Å². The van der Waals surface area contributed by atoms with Crippen molar-refractivity contribution in [1.82, 2.24) is 10.6 Å². The highest BCUT2D eigenvalue weighted by atomic mass is 16.3. The molecule has 0 aliphatic rings. The molecular weight excluding hydrogens is 316 g/mol. The molecule has 2 aromatic rings. The van der Waals surface area contributed by atoms with Gasteiger partial charge < -0.3 is 26.3 Å². The van der Waals surface area contributed by atoms with Gasteiger partial charge in [0.25, 0.3) is 0 Å². The number of rotatable bonds is 6. The standard InChI is InChI=1S/2C10H15NO.H2O/c2*1-8(11-2)10(12)9-6-4-3-5-7-9;/h2*3-8,10-12H,1-2H3;1H2/t8-,10-;;/m0../s1. The quantitative estimate of drug-likeness (QED) is 0.640. The van der Waals surface area contributed by atoms with Gasteiger partial charge in [0.1, 0.15) is 0 Å². The molecule has 0 saturated heterocycles. The summed E-state index contributed by atoms with van der Waals surface area (Å²) in [6, 6.07) is 19.5. The number of aliphatic hydroxyl groups is 2. The molecule has 0 fully saturated rings. The minimum atomic E-state index is -0.420. The third kappa shape index (κ3) is 7.77. The Morgan fingerprint density at radius 3 is 1.16 bits per heavy atom. The number of hydrogen-bond acceptors (Lipinski definition) is 4. The normalized spacial score (nSPS) is 15.0.